The Morgan fingerprint density at radius 2 is 2.29 bits per heavy atom. The van der Waals surface area contributed by atoms with E-state index < -0.39 is 4.92 Å². The maximum atomic E-state index is 11.3. The maximum Gasteiger partial charge on any atom is 0.386 e. The van der Waals surface area contributed by atoms with Gasteiger partial charge in [0.1, 0.15) is 11.9 Å². The molecule has 0 radical (unpaired) electrons. The fourth-order valence-corrected chi connectivity index (χ4v) is 1.23. The average Bonchev–Trinajstić information content (AvgIpc) is 2.25. The molecule has 0 fully saturated rings. The van der Waals surface area contributed by atoms with Gasteiger partial charge in [0.25, 0.3) is 0 Å². The van der Waals surface area contributed by atoms with Crippen LogP contribution in [-0.2, 0) is 4.79 Å². The van der Waals surface area contributed by atoms with Gasteiger partial charge >= 0.3 is 5.82 Å². The van der Waals surface area contributed by atoms with Gasteiger partial charge in [0.05, 0.1) is 6.54 Å². The van der Waals surface area contributed by atoms with Crippen molar-refractivity contribution >= 4 is 17.4 Å². The van der Waals surface area contributed by atoms with E-state index in [0.717, 1.165) is 0 Å². The van der Waals surface area contributed by atoms with Crippen LogP contribution in [0.1, 0.15) is 13.8 Å². The molecule has 0 aliphatic rings. The Balaban J connectivity index is 2.63. The number of nitrogens with one attached hydrogen (secondary N) is 2. The molecule has 0 unspecified atom stereocenters. The molecule has 1 aromatic rings. The molecular formula is C10H14N4O3. The molecule has 0 aromatic carbocycles. The molecule has 1 amide bonds. The molecule has 2 N–H and O–H groups in total. The highest BCUT2D eigenvalue weighted by Crippen LogP contribution is 2.19. The van der Waals surface area contributed by atoms with Gasteiger partial charge in [0.15, 0.2) is 0 Å². The van der Waals surface area contributed by atoms with Gasteiger partial charge in [0, 0.05) is 6.04 Å². The van der Waals surface area contributed by atoms with Crippen LogP contribution < -0.4 is 10.6 Å². The molecule has 1 rings (SSSR count). The molecule has 0 saturated heterocycles. The van der Waals surface area contributed by atoms with Crippen LogP contribution in [0.2, 0.25) is 0 Å². The number of amides is 1. The molecule has 1 heterocycles. The largest absolute Gasteiger partial charge is 0.386 e. The first-order chi connectivity index (χ1) is 8.00. The molecule has 0 aliphatic heterocycles. The Morgan fingerprint density at radius 1 is 1.59 bits per heavy atom. The van der Waals surface area contributed by atoms with Gasteiger partial charge in [-0.15, -0.1) is 0 Å². The Hall–Kier alpha value is -2.18. The Bertz CT molecular complexity index is 420. The lowest BCUT2D eigenvalue weighted by Gasteiger charge is -2.09. The predicted octanol–water partition coefficient (Wildman–Crippen LogP) is 0.926. The number of nitro groups is 1. The van der Waals surface area contributed by atoms with Crippen molar-refractivity contribution in [2.75, 3.05) is 11.9 Å². The van der Waals surface area contributed by atoms with Crippen LogP contribution in [0.5, 0.6) is 0 Å². The van der Waals surface area contributed by atoms with E-state index in [-0.39, 0.29) is 30.0 Å². The molecule has 0 saturated carbocycles. The SMILES string of the molecule is CC(C)NC(=O)CNc1cccnc1[N+](=O)[O-]. The van der Waals surface area contributed by atoms with E-state index in [1.54, 1.807) is 6.07 Å². The molecule has 0 atom stereocenters. The highest BCUT2D eigenvalue weighted by atomic mass is 16.6. The normalized spacial score (nSPS) is 10.1. The van der Waals surface area contributed by atoms with Crippen molar-refractivity contribution in [1.82, 2.24) is 10.3 Å². The van der Waals surface area contributed by atoms with Crippen molar-refractivity contribution in [3.05, 3.63) is 28.4 Å². The topological polar surface area (TPSA) is 97.2 Å². The van der Waals surface area contributed by atoms with Gasteiger partial charge in [0.2, 0.25) is 5.91 Å². The standard InChI is InChI=1S/C10H14N4O3/c1-7(2)13-9(15)6-12-8-4-3-5-11-10(8)14(16)17/h3-5,7,12H,6H2,1-2H3,(H,13,15). The first-order valence-electron chi connectivity index (χ1n) is 5.13. The summed E-state index contributed by atoms with van der Waals surface area (Å²) in [6.45, 7) is 3.65. The molecule has 0 aliphatic carbocycles. The number of nitrogens with zero attached hydrogens (tertiary/aromatic N) is 2. The number of pyridine rings is 1. The number of carbonyl (C=O) groups is 1. The van der Waals surface area contributed by atoms with Gasteiger partial charge in [-0.3, -0.25) is 4.79 Å². The second-order valence-corrected chi connectivity index (χ2v) is 3.71. The van der Waals surface area contributed by atoms with Crippen LogP contribution in [0.3, 0.4) is 0 Å². The number of anilines is 1. The fraction of sp³-hybridized carbons (Fsp3) is 0.400. The molecule has 0 spiro atoms. The third kappa shape index (κ3) is 4.06. The quantitative estimate of drug-likeness (QED) is 0.587. The Labute approximate surface area is 98.4 Å². The van der Waals surface area contributed by atoms with Crippen LogP contribution in [0.25, 0.3) is 0 Å². The minimum Gasteiger partial charge on any atom is -0.369 e. The first kappa shape index (κ1) is 12.9. The lowest BCUT2D eigenvalue weighted by atomic mass is 10.3. The minimum atomic E-state index is -0.595. The second kappa shape index (κ2) is 5.78. The van der Waals surface area contributed by atoms with Crippen LogP contribution in [0, 0.1) is 10.1 Å². The average molecular weight is 238 g/mol. The van der Waals surface area contributed by atoms with E-state index in [2.05, 4.69) is 15.6 Å². The zero-order valence-corrected chi connectivity index (χ0v) is 9.64. The molecule has 17 heavy (non-hydrogen) atoms. The summed E-state index contributed by atoms with van der Waals surface area (Å²) in [6, 6.07) is 3.11. The molecule has 92 valence electrons. The third-order valence-corrected chi connectivity index (χ3v) is 1.85. The van der Waals surface area contributed by atoms with E-state index in [9.17, 15) is 14.9 Å². The summed E-state index contributed by atoms with van der Waals surface area (Å²) < 4.78 is 0. The summed E-state index contributed by atoms with van der Waals surface area (Å²) in [7, 11) is 0. The van der Waals surface area contributed by atoms with Crippen molar-refractivity contribution in [3.8, 4) is 0 Å². The summed E-state index contributed by atoms with van der Waals surface area (Å²) in [5.41, 5.74) is 0.233. The summed E-state index contributed by atoms with van der Waals surface area (Å²) in [4.78, 5) is 25.0. The lowest BCUT2D eigenvalue weighted by molar-refractivity contribution is -0.388. The predicted molar refractivity (Wildman–Crippen MR) is 62.7 cm³/mol. The highest BCUT2D eigenvalue weighted by molar-refractivity contribution is 5.81. The number of aromatic nitrogens is 1. The van der Waals surface area contributed by atoms with Gasteiger partial charge in [-0.1, -0.05) is 0 Å². The fourth-order valence-electron chi connectivity index (χ4n) is 1.23. The zero-order valence-electron chi connectivity index (χ0n) is 9.64. The first-order valence-corrected chi connectivity index (χ1v) is 5.13. The van der Waals surface area contributed by atoms with E-state index in [4.69, 9.17) is 0 Å². The van der Waals surface area contributed by atoms with Crippen molar-refractivity contribution in [3.63, 3.8) is 0 Å². The van der Waals surface area contributed by atoms with Crippen molar-refractivity contribution in [2.24, 2.45) is 0 Å². The second-order valence-electron chi connectivity index (χ2n) is 3.71. The summed E-state index contributed by atoms with van der Waals surface area (Å²) in [5.74, 6) is -0.511. The molecule has 0 bridgehead atoms. The number of hydrogen-bond acceptors (Lipinski definition) is 5. The van der Waals surface area contributed by atoms with Gasteiger partial charge < -0.3 is 20.7 Å². The van der Waals surface area contributed by atoms with E-state index >= 15 is 0 Å². The molecule has 1 aromatic heterocycles. The lowest BCUT2D eigenvalue weighted by Crippen LogP contribution is -2.34. The van der Waals surface area contributed by atoms with Crippen molar-refractivity contribution < 1.29 is 9.72 Å². The summed E-state index contributed by atoms with van der Waals surface area (Å²) in [5, 5.41) is 16.0. The zero-order chi connectivity index (χ0) is 12.8. The molecule has 7 heteroatoms. The number of carbonyl (C=O) groups excluding carboxylic acids is 1. The van der Waals surface area contributed by atoms with Crippen molar-refractivity contribution in [2.45, 2.75) is 19.9 Å². The third-order valence-electron chi connectivity index (χ3n) is 1.85. The number of rotatable bonds is 5. The van der Waals surface area contributed by atoms with Crippen LogP contribution in [0.15, 0.2) is 18.3 Å². The minimum absolute atomic E-state index is 0.0231. The summed E-state index contributed by atoms with van der Waals surface area (Å²) in [6.07, 6.45) is 1.33. The maximum absolute atomic E-state index is 11.3. The number of hydrogen-bond donors (Lipinski definition) is 2. The van der Waals surface area contributed by atoms with Crippen LogP contribution in [0.4, 0.5) is 11.5 Å². The molecule has 7 nitrogen and oxygen atoms in total. The Kier molecular flexibility index (Phi) is 4.38. The van der Waals surface area contributed by atoms with E-state index in [1.165, 1.54) is 12.3 Å². The molecular weight excluding hydrogens is 224 g/mol. The van der Waals surface area contributed by atoms with Crippen LogP contribution >= 0.6 is 0 Å². The van der Waals surface area contributed by atoms with Gasteiger partial charge in [-0.05, 0) is 35.9 Å². The van der Waals surface area contributed by atoms with Gasteiger partial charge in [-0.25, -0.2) is 0 Å². The highest BCUT2D eigenvalue weighted by Gasteiger charge is 2.14. The van der Waals surface area contributed by atoms with Gasteiger partial charge in [-0.2, -0.15) is 0 Å². The van der Waals surface area contributed by atoms with E-state index in [0.29, 0.717) is 0 Å². The smallest absolute Gasteiger partial charge is 0.369 e. The summed E-state index contributed by atoms with van der Waals surface area (Å²) >= 11 is 0. The Morgan fingerprint density at radius 3 is 2.88 bits per heavy atom. The van der Waals surface area contributed by atoms with E-state index in [1.807, 2.05) is 13.8 Å². The van der Waals surface area contributed by atoms with Crippen LogP contribution in [-0.4, -0.2) is 28.4 Å². The van der Waals surface area contributed by atoms with Crippen molar-refractivity contribution in [1.29, 1.82) is 0 Å². The monoisotopic (exact) mass is 238 g/mol.